The van der Waals surface area contributed by atoms with E-state index >= 15 is 0 Å². The van der Waals surface area contributed by atoms with Crippen LogP contribution in [0.15, 0.2) is 4.99 Å². The minimum atomic E-state index is 0.660. The van der Waals surface area contributed by atoms with Crippen molar-refractivity contribution in [3.63, 3.8) is 0 Å². The molecular weight excluding hydrogens is 134 g/mol. The zero-order chi connectivity index (χ0) is 7.57. The largest absolute Gasteiger partial charge is 0.297 e. The molecular formula is C10H17N. The van der Waals surface area contributed by atoms with Gasteiger partial charge >= 0.3 is 0 Å². The standard InChI is InChI=1S/C10H17N/c1-2-5-10(6-3-1)7-4-8-11-9-10/h8H,1-7,9H2. The summed E-state index contributed by atoms with van der Waals surface area (Å²) in [5, 5.41) is 0. The number of nitrogens with zero attached hydrogens (tertiary/aromatic N) is 1. The monoisotopic (exact) mass is 151 g/mol. The topological polar surface area (TPSA) is 12.4 Å². The molecule has 0 N–H and O–H groups in total. The highest BCUT2D eigenvalue weighted by Crippen LogP contribution is 2.41. The Labute approximate surface area is 68.9 Å². The minimum Gasteiger partial charge on any atom is -0.297 e. The first-order valence-electron chi connectivity index (χ1n) is 4.90. The molecule has 1 aliphatic carbocycles. The van der Waals surface area contributed by atoms with Crippen LogP contribution in [0.1, 0.15) is 44.9 Å². The summed E-state index contributed by atoms with van der Waals surface area (Å²) in [5.41, 5.74) is 0.660. The molecule has 1 aliphatic heterocycles. The van der Waals surface area contributed by atoms with E-state index in [4.69, 9.17) is 0 Å². The van der Waals surface area contributed by atoms with Crippen molar-refractivity contribution < 1.29 is 0 Å². The molecule has 62 valence electrons. The number of hydrogen-bond acceptors (Lipinski definition) is 1. The highest BCUT2D eigenvalue weighted by atomic mass is 14.8. The van der Waals surface area contributed by atoms with Gasteiger partial charge in [0.15, 0.2) is 0 Å². The third-order valence-corrected chi connectivity index (χ3v) is 3.27. The molecule has 0 unspecified atom stereocenters. The van der Waals surface area contributed by atoms with Crippen molar-refractivity contribution >= 4 is 6.21 Å². The van der Waals surface area contributed by atoms with Gasteiger partial charge in [-0.05, 0) is 37.3 Å². The van der Waals surface area contributed by atoms with E-state index < -0.39 is 0 Å². The van der Waals surface area contributed by atoms with Crippen LogP contribution in [0.3, 0.4) is 0 Å². The van der Waals surface area contributed by atoms with E-state index in [2.05, 4.69) is 11.2 Å². The Morgan fingerprint density at radius 3 is 2.45 bits per heavy atom. The second-order valence-electron chi connectivity index (χ2n) is 4.12. The van der Waals surface area contributed by atoms with Crippen LogP contribution in [-0.4, -0.2) is 12.8 Å². The molecule has 0 radical (unpaired) electrons. The first-order valence-corrected chi connectivity index (χ1v) is 4.90. The molecule has 0 aromatic carbocycles. The number of hydrogen-bond donors (Lipinski definition) is 0. The first-order chi connectivity index (χ1) is 5.41. The van der Waals surface area contributed by atoms with E-state index in [1.807, 2.05) is 0 Å². The van der Waals surface area contributed by atoms with Crippen LogP contribution in [-0.2, 0) is 0 Å². The van der Waals surface area contributed by atoms with Crippen molar-refractivity contribution in [1.29, 1.82) is 0 Å². The maximum atomic E-state index is 4.43. The van der Waals surface area contributed by atoms with Gasteiger partial charge in [-0.15, -0.1) is 0 Å². The van der Waals surface area contributed by atoms with Crippen LogP contribution in [0.25, 0.3) is 0 Å². The SMILES string of the molecule is C1=NCC2(CC1)CCCCC2. The molecule has 0 saturated heterocycles. The van der Waals surface area contributed by atoms with Crippen molar-refractivity contribution in [3.05, 3.63) is 0 Å². The molecule has 1 heteroatoms. The smallest absolute Gasteiger partial charge is 0.0441 e. The van der Waals surface area contributed by atoms with Crippen LogP contribution >= 0.6 is 0 Å². The van der Waals surface area contributed by atoms with Gasteiger partial charge in [0.1, 0.15) is 0 Å². The molecule has 0 aromatic heterocycles. The fraction of sp³-hybridized carbons (Fsp3) is 0.900. The van der Waals surface area contributed by atoms with E-state index in [1.165, 1.54) is 44.9 Å². The maximum absolute atomic E-state index is 4.43. The zero-order valence-electron chi connectivity index (χ0n) is 7.18. The summed E-state index contributed by atoms with van der Waals surface area (Å²) in [7, 11) is 0. The van der Waals surface area contributed by atoms with Gasteiger partial charge in [-0.2, -0.15) is 0 Å². The lowest BCUT2D eigenvalue weighted by molar-refractivity contribution is 0.181. The summed E-state index contributed by atoms with van der Waals surface area (Å²) in [5.74, 6) is 0. The number of aliphatic imine (C=N–C) groups is 1. The molecule has 1 fully saturated rings. The maximum Gasteiger partial charge on any atom is 0.0441 e. The number of rotatable bonds is 0. The predicted molar refractivity (Wildman–Crippen MR) is 48.1 cm³/mol. The Morgan fingerprint density at radius 2 is 1.82 bits per heavy atom. The van der Waals surface area contributed by atoms with Gasteiger partial charge in [-0.1, -0.05) is 19.3 Å². The summed E-state index contributed by atoms with van der Waals surface area (Å²) in [4.78, 5) is 4.43. The highest BCUT2D eigenvalue weighted by molar-refractivity contribution is 5.58. The van der Waals surface area contributed by atoms with Gasteiger partial charge in [0.25, 0.3) is 0 Å². The molecule has 1 spiro atoms. The summed E-state index contributed by atoms with van der Waals surface area (Å²) < 4.78 is 0. The molecule has 2 aliphatic rings. The molecule has 1 heterocycles. The van der Waals surface area contributed by atoms with Crippen molar-refractivity contribution in [1.82, 2.24) is 0 Å². The Kier molecular flexibility index (Phi) is 1.97. The van der Waals surface area contributed by atoms with Gasteiger partial charge in [0.05, 0.1) is 0 Å². The normalized spacial score (nSPS) is 29.1. The second kappa shape index (κ2) is 2.96. The predicted octanol–water partition coefficient (Wildman–Crippen LogP) is 2.80. The highest BCUT2D eigenvalue weighted by Gasteiger charge is 2.32. The molecule has 0 amide bonds. The molecule has 1 saturated carbocycles. The van der Waals surface area contributed by atoms with Gasteiger partial charge in [-0.3, -0.25) is 4.99 Å². The van der Waals surface area contributed by atoms with E-state index in [-0.39, 0.29) is 0 Å². The molecule has 0 atom stereocenters. The molecule has 2 rings (SSSR count). The Bertz CT molecular complexity index is 154. The van der Waals surface area contributed by atoms with Crippen LogP contribution < -0.4 is 0 Å². The third kappa shape index (κ3) is 1.47. The Morgan fingerprint density at radius 1 is 1.00 bits per heavy atom. The van der Waals surface area contributed by atoms with Crippen LogP contribution in [0.5, 0.6) is 0 Å². The Balaban J connectivity index is 2.01. The molecule has 0 bridgehead atoms. The minimum absolute atomic E-state index is 0.660. The van der Waals surface area contributed by atoms with Gasteiger partial charge in [0.2, 0.25) is 0 Å². The van der Waals surface area contributed by atoms with Crippen molar-refractivity contribution in [2.24, 2.45) is 10.4 Å². The zero-order valence-corrected chi connectivity index (χ0v) is 7.18. The third-order valence-electron chi connectivity index (χ3n) is 3.27. The van der Waals surface area contributed by atoms with Gasteiger partial charge in [0, 0.05) is 6.54 Å². The van der Waals surface area contributed by atoms with Crippen LogP contribution in [0.4, 0.5) is 0 Å². The lowest BCUT2D eigenvalue weighted by Crippen LogP contribution is -2.29. The summed E-state index contributed by atoms with van der Waals surface area (Å²) in [6, 6.07) is 0. The summed E-state index contributed by atoms with van der Waals surface area (Å²) >= 11 is 0. The quantitative estimate of drug-likeness (QED) is 0.505. The Hall–Kier alpha value is -0.330. The summed E-state index contributed by atoms with van der Waals surface area (Å²) in [6.07, 6.45) is 12.0. The lowest BCUT2D eigenvalue weighted by Gasteiger charge is -2.37. The van der Waals surface area contributed by atoms with E-state index in [0.717, 1.165) is 6.54 Å². The van der Waals surface area contributed by atoms with E-state index in [0.29, 0.717) is 5.41 Å². The fourth-order valence-electron chi connectivity index (χ4n) is 2.51. The van der Waals surface area contributed by atoms with Crippen molar-refractivity contribution in [2.45, 2.75) is 44.9 Å². The van der Waals surface area contributed by atoms with Crippen LogP contribution in [0, 0.1) is 5.41 Å². The molecule has 11 heavy (non-hydrogen) atoms. The average molecular weight is 151 g/mol. The van der Waals surface area contributed by atoms with Crippen LogP contribution in [0.2, 0.25) is 0 Å². The first kappa shape index (κ1) is 7.33. The molecule has 1 nitrogen and oxygen atoms in total. The molecule has 0 aromatic rings. The average Bonchev–Trinajstić information content (AvgIpc) is 2.07. The lowest BCUT2D eigenvalue weighted by atomic mass is 9.70. The van der Waals surface area contributed by atoms with E-state index in [9.17, 15) is 0 Å². The van der Waals surface area contributed by atoms with E-state index in [1.54, 1.807) is 0 Å². The van der Waals surface area contributed by atoms with Gasteiger partial charge < -0.3 is 0 Å². The fourth-order valence-corrected chi connectivity index (χ4v) is 2.51. The van der Waals surface area contributed by atoms with Gasteiger partial charge in [-0.25, -0.2) is 0 Å². The second-order valence-corrected chi connectivity index (χ2v) is 4.12. The summed E-state index contributed by atoms with van der Waals surface area (Å²) in [6.45, 7) is 1.13. The van der Waals surface area contributed by atoms with Crippen molar-refractivity contribution in [2.75, 3.05) is 6.54 Å². The van der Waals surface area contributed by atoms with Crippen molar-refractivity contribution in [3.8, 4) is 0 Å².